The molecule has 1 fully saturated rings. The van der Waals surface area contributed by atoms with E-state index in [4.69, 9.17) is 25.5 Å². The number of carbonyl (C=O) groups excluding carboxylic acids is 3. The molecule has 4 rings (SSSR count). The largest absolute Gasteiger partial charge is 0.481 e. The van der Waals surface area contributed by atoms with Gasteiger partial charge in [0.05, 0.1) is 35.6 Å². The van der Waals surface area contributed by atoms with Gasteiger partial charge in [-0.2, -0.15) is 0 Å². The number of aliphatic carboxylic acids is 1. The van der Waals surface area contributed by atoms with E-state index in [0.717, 1.165) is 5.39 Å². The van der Waals surface area contributed by atoms with Gasteiger partial charge >= 0.3 is 5.97 Å². The Hall–Kier alpha value is -4.14. The van der Waals surface area contributed by atoms with Gasteiger partial charge in [0.25, 0.3) is 0 Å². The molecule has 0 aliphatic carbocycles. The minimum absolute atomic E-state index is 0.181. The Morgan fingerprint density at radius 2 is 1.89 bits per heavy atom. The maximum Gasteiger partial charge on any atom is 0.305 e. The number of rotatable bonds is 13. The second kappa shape index (κ2) is 13.9. The molecule has 14 nitrogen and oxygen atoms in total. The fraction of sp³-hybridized carbons (Fsp3) is 0.548. The third-order valence-electron chi connectivity index (χ3n) is 7.68. The van der Waals surface area contributed by atoms with Gasteiger partial charge in [-0.3, -0.25) is 19.2 Å². The van der Waals surface area contributed by atoms with Gasteiger partial charge in [-0.05, 0) is 45.6 Å². The Labute approximate surface area is 261 Å². The van der Waals surface area contributed by atoms with Crippen molar-refractivity contribution in [3.05, 3.63) is 30.1 Å². The number of nitrogens with one attached hydrogen (secondary N) is 2. The molecule has 0 saturated carbocycles. The molecular formula is C31H43N7O7. The number of amides is 3. The lowest BCUT2D eigenvalue weighted by Crippen LogP contribution is -2.55. The van der Waals surface area contributed by atoms with Gasteiger partial charge in [0.1, 0.15) is 30.0 Å². The maximum absolute atomic E-state index is 13.8. The van der Waals surface area contributed by atoms with E-state index in [1.807, 2.05) is 35.8 Å². The first-order valence-electron chi connectivity index (χ1n) is 15.2. The third kappa shape index (κ3) is 7.75. The molecule has 14 heteroatoms. The standard InChI is InChI=1S/C31H43N7O7/c1-6-45-15-22-34-25-26(38(22)16-31(4,5)44)18-10-7-8-11-20(18)33-27(25)36-29(42)24(17(2)3)35-28(41)21-12-9-13-37(21)30(43)19(32)14-23(39)40/h7-8,10-11,17,19,21,24,44H,6,9,12-16,32H2,1-5H3,(H,35,41)(H,39,40)(H,33,36,42)/t19?,21-,24-/m0/s1. The van der Waals surface area contributed by atoms with Crippen molar-refractivity contribution < 1.29 is 34.1 Å². The molecule has 0 radical (unpaired) electrons. The van der Waals surface area contributed by atoms with E-state index < -0.39 is 53.8 Å². The van der Waals surface area contributed by atoms with Crippen LogP contribution in [-0.2, 0) is 37.1 Å². The van der Waals surface area contributed by atoms with Crippen LogP contribution in [0, 0.1) is 5.92 Å². The average molecular weight is 626 g/mol. The molecule has 3 atom stereocenters. The van der Waals surface area contributed by atoms with Crippen LogP contribution in [0.5, 0.6) is 0 Å². The number of nitrogens with zero attached hydrogens (tertiary/aromatic N) is 4. The van der Waals surface area contributed by atoms with Crippen molar-refractivity contribution in [2.45, 2.75) is 90.8 Å². The topological polar surface area (TPSA) is 202 Å². The molecule has 1 aromatic carbocycles. The van der Waals surface area contributed by atoms with Crippen molar-refractivity contribution in [1.29, 1.82) is 0 Å². The smallest absolute Gasteiger partial charge is 0.305 e. The normalized spacial score (nSPS) is 16.7. The lowest BCUT2D eigenvalue weighted by molar-refractivity contribution is -0.144. The summed E-state index contributed by atoms with van der Waals surface area (Å²) in [6.45, 7) is 9.95. The fourth-order valence-corrected chi connectivity index (χ4v) is 5.60. The molecule has 1 unspecified atom stereocenters. The quantitative estimate of drug-likeness (QED) is 0.186. The lowest BCUT2D eigenvalue weighted by atomic mass is 10.0. The number of hydrogen-bond acceptors (Lipinski definition) is 9. The predicted molar refractivity (Wildman–Crippen MR) is 167 cm³/mol. The van der Waals surface area contributed by atoms with Crippen LogP contribution in [0.15, 0.2) is 24.3 Å². The van der Waals surface area contributed by atoms with Gasteiger partial charge in [0.15, 0.2) is 5.82 Å². The molecule has 3 amide bonds. The summed E-state index contributed by atoms with van der Waals surface area (Å²) >= 11 is 0. The summed E-state index contributed by atoms with van der Waals surface area (Å²) in [5.74, 6) is -2.47. The van der Waals surface area contributed by atoms with E-state index in [1.165, 1.54) is 4.90 Å². The Morgan fingerprint density at radius 3 is 2.53 bits per heavy atom. The number of carboxylic acid groups (broad SMARTS) is 1. The highest BCUT2D eigenvalue weighted by atomic mass is 16.5. The highest BCUT2D eigenvalue weighted by Gasteiger charge is 2.38. The number of ether oxygens (including phenoxy) is 1. The summed E-state index contributed by atoms with van der Waals surface area (Å²) in [4.78, 5) is 61.9. The van der Waals surface area contributed by atoms with Gasteiger partial charge in [-0.1, -0.05) is 32.0 Å². The molecule has 0 bridgehead atoms. The molecular weight excluding hydrogens is 582 g/mol. The Bertz CT molecular complexity index is 1580. The maximum atomic E-state index is 13.8. The SMILES string of the molecule is CCOCc1nc2c(NC(=O)[C@@H](NC(=O)[C@@H]3CCCN3C(=O)C(N)CC(=O)O)C(C)C)nc3ccccc3c2n1CC(C)(C)O. The van der Waals surface area contributed by atoms with Crippen molar-refractivity contribution in [3.63, 3.8) is 0 Å². The van der Waals surface area contributed by atoms with Crippen LogP contribution < -0.4 is 16.4 Å². The molecule has 1 aliphatic rings. The molecule has 1 aliphatic heterocycles. The molecule has 3 aromatic rings. The van der Waals surface area contributed by atoms with Crippen molar-refractivity contribution in [1.82, 2.24) is 24.8 Å². The number of carbonyl (C=O) groups is 4. The summed E-state index contributed by atoms with van der Waals surface area (Å²) in [7, 11) is 0. The van der Waals surface area contributed by atoms with Crippen molar-refractivity contribution in [2.24, 2.45) is 11.7 Å². The predicted octanol–water partition coefficient (Wildman–Crippen LogP) is 1.76. The second-order valence-electron chi connectivity index (χ2n) is 12.4. The molecule has 3 heterocycles. The number of hydrogen-bond donors (Lipinski definition) is 5. The van der Waals surface area contributed by atoms with Crippen molar-refractivity contribution in [3.8, 4) is 0 Å². The van der Waals surface area contributed by atoms with Crippen LogP contribution in [0.1, 0.15) is 59.7 Å². The van der Waals surface area contributed by atoms with Crippen molar-refractivity contribution >= 4 is 51.4 Å². The minimum atomic E-state index is -1.27. The lowest BCUT2D eigenvalue weighted by Gasteiger charge is -2.29. The van der Waals surface area contributed by atoms with Crippen LogP contribution in [0.3, 0.4) is 0 Å². The summed E-state index contributed by atoms with van der Waals surface area (Å²) in [5.41, 5.74) is 6.41. The summed E-state index contributed by atoms with van der Waals surface area (Å²) < 4.78 is 7.56. The number of carboxylic acids is 1. The summed E-state index contributed by atoms with van der Waals surface area (Å²) in [5, 5.41) is 26.2. The Kier molecular flexibility index (Phi) is 10.4. The van der Waals surface area contributed by atoms with E-state index in [9.17, 15) is 24.3 Å². The van der Waals surface area contributed by atoms with Crippen LogP contribution in [-0.4, -0.2) is 90.2 Å². The molecule has 1 saturated heterocycles. The van der Waals surface area contributed by atoms with Gasteiger partial charge in [-0.15, -0.1) is 0 Å². The summed E-state index contributed by atoms with van der Waals surface area (Å²) in [6.07, 6.45) is 0.349. The van der Waals surface area contributed by atoms with Crippen molar-refractivity contribution in [2.75, 3.05) is 18.5 Å². The minimum Gasteiger partial charge on any atom is -0.481 e. The first kappa shape index (κ1) is 33.7. The molecule has 6 N–H and O–H groups in total. The van der Waals surface area contributed by atoms with Crippen LogP contribution >= 0.6 is 0 Å². The molecule has 45 heavy (non-hydrogen) atoms. The van der Waals surface area contributed by atoms with E-state index in [0.29, 0.717) is 41.8 Å². The van der Waals surface area contributed by atoms with Gasteiger partial charge < -0.3 is 40.8 Å². The number of aromatic nitrogens is 3. The zero-order valence-electron chi connectivity index (χ0n) is 26.4. The molecule has 244 valence electrons. The number of benzene rings is 1. The number of para-hydroxylation sites is 1. The number of fused-ring (bicyclic) bond motifs is 3. The zero-order valence-corrected chi connectivity index (χ0v) is 26.4. The Morgan fingerprint density at radius 1 is 1.18 bits per heavy atom. The van der Waals surface area contributed by atoms with Crippen LogP contribution in [0.25, 0.3) is 21.9 Å². The van der Waals surface area contributed by atoms with Gasteiger partial charge in [0, 0.05) is 18.5 Å². The van der Waals surface area contributed by atoms with E-state index >= 15 is 0 Å². The highest BCUT2D eigenvalue weighted by Crippen LogP contribution is 2.32. The average Bonchev–Trinajstić information content (AvgIpc) is 3.58. The Balaban J connectivity index is 1.66. The molecule has 0 spiro atoms. The number of aliphatic hydroxyl groups is 1. The van der Waals surface area contributed by atoms with E-state index in [-0.39, 0.29) is 31.4 Å². The number of nitrogens with two attached hydrogens (primary N) is 1. The number of anilines is 1. The first-order valence-corrected chi connectivity index (χ1v) is 15.2. The van der Waals surface area contributed by atoms with Crippen LogP contribution in [0.4, 0.5) is 5.82 Å². The fourth-order valence-electron chi connectivity index (χ4n) is 5.60. The van der Waals surface area contributed by atoms with E-state index in [1.54, 1.807) is 27.7 Å². The summed E-state index contributed by atoms with van der Waals surface area (Å²) in [6, 6.07) is 4.28. The zero-order chi connectivity index (χ0) is 33.1. The number of imidazole rings is 1. The number of pyridine rings is 1. The second-order valence-corrected chi connectivity index (χ2v) is 12.4. The van der Waals surface area contributed by atoms with E-state index in [2.05, 4.69) is 10.6 Å². The van der Waals surface area contributed by atoms with Crippen LogP contribution in [0.2, 0.25) is 0 Å². The number of likely N-dealkylation sites (tertiary alicyclic amines) is 1. The highest BCUT2D eigenvalue weighted by molar-refractivity contribution is 6.10. The third-order valence-corrected chi connectivity index (χ3v) is 7.68. The molecule has 2 aromatic heterocycles. The van der Waals surface area contributed by atoms with Gasteiger partial charge in [0.2, 0.25) is 17.7 Å². The van der Waals surface area contributed by atoms with Gasteiger partial charge in [-0.25, -0.2) is 9.97 Å². The monoisotopic (exact) mass is 625 g/mol. The first-order chi connectivity index (χ1) is 21.2.